The molecule has 0 aromatic heterocycles. The van der Waals surface area contributed by atoms with E-state index in [-0.39, 0.29) is 12.0 Å². The Morgan fingerprint density at radius 3 is 2.47 bits per heavy atom. The van der Waals surface area contributed by atoms with Crippen molar-refractivity contribution in [2.75, 3.05) is 0 Å². The molecule has 1 N–H and O–H groups in total. The van der Waals surface area contributed by atoms with E-state index < -0.39 is 37.1 Å². The molecule has 1 aliphatic carbocycles. The number of benzene rings is 1. The summed E-state index contributed by atoms with van der Waals surface area (Å²) in [5.41, 5.74) is -0.930. The first-order valence-electron chi connectivity index (χ1n) is 5.45. The third kappa shape index (κ3) is 2.87. The molecular formula is C11H10ClF2NO3S. The van der Waals surface area contributed by atoms with Gasteiger partial charge in [0, 0.05) is 16.7 Å². The van der Waals surface area contributed by atoms with Crippen LogP contribution in [-0.4, -0.2) is 20.4 Å². The number of hydrogen-bond acceptors (Lipinski definition) is 3. The van der Waals surface area contributed by atoms with Crippen LogP contribution in [0.1, 0.15) is 23.7 Å². The number of rotatable bonds is 3. The maximum Gasteiger partial charge on any atom is 0.264 e. The Morgan fingerprint density at radius 2 is 2.00 bits per heavy atom. The molecule has 1 aromatic rings. The van der Waals surface area contributed by atoms with Gasteiger partial charge in [0.15, 0.2) is 5.82 Å². The summed E-state index contributed by atoms with van der Waals surface area (Å²) < 4.78 is 49.6. The molecule has 0 saturated heterocycles. The van der Waals surface area contributed by atoms with Gasteiger partial charge in [0.1, 0.15) is 16.3 Å². The molecule has 2 atom stereocenters. The monoisotopic (exact) mass is 309 g/mol. The van der Waals surface area contributed by atoms with Crippen molar-refractivity contribution in [3.05, 3.63) is 29.3 Å². The molecule has 1 saturated carbocycles. The first-order valence-corrected chi connectivity index (χ1v) is 7.76. The van der Waals surface area contributed by atoms with Crippen LogP contribution in [0, 0.1) is 17.6 Å². The van der Waals surface area contributed by atoms with Gasteiger partial charge >= 0.3 is 0 Å². The number of amides is 1. The van der Waals surface area contributed by atoms with E-state index in [9.17, 15) is 22.0 Å². The van der Waals surface area contributed by atoms with Gasteiger partial charge in [-0.3, -0.25) is 4.79 Å². The third-order valence-corrected chi connectivity index (χ3v) is 4.31. The quantitative estimate of drug-likeness (QED) is 0.869. The molecule has 1 amide bonds. The molecule has 2 unspecified atom stereocenters. The molecule has 0 aliphatic heterocycles. The second-order valence-corrected chi connectivity index (χ2v) is 7.00. The highest BCUT2D eigenvalue weighted by Crippen LogP contribution is 2.30. The van der Waals surface area contributed by atoms with E-state index in [1.165, 1.54) is 0 Å². The molecule has 19 heavy (non-hydrogen) atoms. The minimum absolute atomic E-state index is 0.137. The van der Waals surface area contributed by atoms with E-state index in [0.29, 0.717) is 12.1 Å². The van der Waals surface area contributed by atoms with Crippen molar-refractivity contribution in [1.82, 2.24) is 5.32 Å². The van der Waals surface area contributed by atoms with Gasteiger partial charge in [0.05, 0.1) is 0 Å². The summed E-state index contributed by atoms with van der Waals surface area (Å²) in [4.78, 5) is 10.8. The van der Waals surface area contributed by atoms with E-state index in [1.807, 2.05) is 6.92 Å². The van der Waals surface area contributed by atoms with E-state index >= 15 is 0 Å². The van der Waals surface area contributed by atoms with Crippen LogP contribution in [0.5, 0.6) is 0 Å². The molecule has 8 heteroatoms. The van der Waals surface area contributed by atoms with Crippen molar-refractivity contribution in [3.63, 3.8) is 0 Å². The highest BCUT2D eigenvalue weighted by molar-refractivity contribution is 8.13. The fraction of sp³-hybridized carbons (Fsp3) is 0.364. The van der Waals surface area contributed by atoms with Crippen molar-refractivity contribution in [1.29, 1.82) is 0 Å². The Labute approximate surface area is 113 Å². The lowest BCUT2D eigenvalue weighted by molar-refractivity contribution is 0.0940. The van der Waals surface area contributed by atoms with Gasteiger partial charge in [-0.1, -0.05) is 6.92 Å². The van der Waals surface area contributed by atoms with Gasteiger partial charge in [-0.05, 0) is 24.5 Å². The van der Waals surface area contributed by atoms with Crippen LogP contribution in [0.3, 0.4) is 0 Å². The summed E-state index contributed by atoms with van der Waals surface area (Å²) in [6.07, 6.45) is 0.725. The molecule has 2 rings (SSSR count). The molecule has 4 nitrogen and oxygen atoms in total. The molecule has 0 bridgehead atoms. The number of carbonyl (C=O) groups excluding carboxylic acids is 1. The van der Waals surface area contributed by atoms with Crippen LogP contribution in [0.2, 0.25) is 0 Å². The number of nitrogens with one attached hydrogen (secondary N) is 1. The summed E-state index contributed by atoms with van der Waals surface area (Å²) >= 11 is 0. The summed E-state index contributed by atoms with van der Waals surface area (Å²) in [5, 5.41) is 2.42. The van der Waals surface area contributed by atoms with Crippen molar-refractivity contribution >= 4 is 25.6 Å². The van der Waals surface area contributed by atoms with E-state index in [0.717, 1.165) is 6.42 Å². The average molecular weight is 310 g/mol. The van der Waals surface area contributed by atoms with Crippen molar-refractivity contribution in [2.45, 2.75) is 24.3 Å². The van der Waals surface area contributed by atoms with Crippen LogP contribution in [-0.2, 0) is 9.05 Å². The summed E-state index contributed by atoms with van der Waals surface area (Å²) in [6.45, 7) is 1.87. The Morgan fingerprint density at radius 1 is 1.42 bits per heavy atom. The van der Waals surface area contributed by atoms with Crippen LogP contribution >= 0.6 is 10.7 Å². The molecule has 104 valence electrons. The number of halogens is 3. The lowest BCUT2D eigenvalue weighted by Crippen LogP contribution is -2.28. The average Bonchev–Trinajstić information content (AvgIpc) is 2.91. The van der Waals surface area contributed by atoms with Crippen LogP contribution in [0.4, 0.5) is 8.78 Å². The van der Waals surface area contributed by atoms with Gasteiger partial charge < -0.3 is 5.32 Å². The Bertz CT molecular complexity index is 648. The SMILES string of the molecule is CC1CC1NC(=O)c1c(F)ccc(S(=O)(=O)Cl)c1F. The van der Waals surface area contributed by atoms with Crippen molar-refractivity contribution < 1.29 is 22.0 Å². The molecule has 0 radical (unpaired) electrons. The van der Waals surface area contributed by atoms with Gasteiger partial charge in [0.25, 0.3) is 15.0 Å². The lowest BCUT2D eigenvalue weighted by atomic mass is 10.2. The minimum atomic E-state index is -4.38. The Kier molecular flexibility index (Phi) is 3.53. The predicted molar refractivity (Wildman–Crippen MR) is 64.4 cm³/mol. The summed E-state index contributed by atoms with van der Waals surface area (Å²) in [6, 6.07) is 1.25. The molecule has 1 aromatic carbocycles. The zero-order valence-corrected chi connectivity index (χ0v) is 11.4. The standard InChI is InChI=1S/C11H10ClF2NO3S/c1-5-4-7(5)15-11(16)9-6(13)2-3-8(10(9)14)19(12,17)18/h2-3,5,7H,4H2,1H3,(H,15,16). The van der Waals surface area contributed by atoms with Gasteiger partial charge in [-0.25, -0.2) is 17.2 Å². The fourth-order valence-electron chi connectivity index (χ4n) is 1.69. The molecule has 1 aliphatic rings. The van der Waals surface area contributed by atoms with Gasteiger partial charge in [-0.15, -0.1) is 0 Å². The van der Waals surface area contributed by atoms with Gasteiger partial charge in [-0.2, -0.15) is 0 Å². The van der Waals surface area contributed by atoms with E-state index in [2.05, 4.69) is 5.32 Å². The number of carbonyl (C=O) groups is 1. The van der Waals surface area contributed by atoms with Crippen LogP contribution < -0.4 is 5.32 Å². The maximum absolute atomic E-state index is 13.9. The highest BCUT2D eigenvalue weighted by atomic mass is 35.7. The third-order valence-electron chi connectivity index (χ3n) is 2.97. The molecule has 1 fully saturated rings. The normalized spacial score (nSPS) is 22.1. The molecule has 0 spiro atoms. The first kappa shape index (κ1) is 14.2. The fourth-order valence-corrected chi connectivity index (χ4v) is 2.60. The predicted octanol–water partition coefficient (Wildman–Crippen LogP) is 2.03. The maximum atomic E-state index is 13.9. The van der Waals surface area contributed by atoms with E-state index in [1.54, 1.807) is 0 Å². The smallest absolute Gasteiger partial charge is 0.264 e. The zero-order valence-electron chi connectivity index (χ0n) is 9.78. The summed E-state index contributed by atoms with van der Waals surface area (Å²) in [5.74, 6) is -3.34. The Hall–Kier alpha value is -1.21. The van der Waals surface area contributed by atoms with Crippen molar-refractivity contribution in [2.24, 2.45) is 5.92 Å². The Balaban J connectivity index is 2.41. The van der Waals surface area contributed by atoms with Crippen LogP contribution in [0.25, 0.3) is 0 Å². The summed E-state index contributed by atoms with van der Waals surface area (Å²) in [7, 11) is 0.633. The minimum Gasteiger partial charge on any atom is -0.349 e. The topological polar surface area (TPSA) is 63.2 Å². The second kappa shape index (κ2) is 4.72. The lowest BCUT2D eigenvalue weighted by Gasteiger charge is -2.08. The molecule has 0 heterocycles. The molecular weight excluding hydrogens is 300 g/mol. The first-order chi connectivity index (χ1) is 8.71. The van der Waals surface area contributed by atoms with Crippen LogP contribution in [0.15, 0.2) is 17.0 Å². The van der Waals surface area contributed by atoms with Crippen molar-refractivity contribution in [3.8, 4) is 0 Å². The highest BCUT2D eigenvalue weighted by Gasteiger charge is 2.36. The largest absolute Gasteiger partial charge is 0.349 e. The zero-order chi connectivity index (χ0) is 14.4. The second-order valence-electron chi connectivity index (χ2n) is 4.47. The number of hydrogen-bond donors (Lipinski definition) is 1. The van der Waals surface area contributed by atoms with Gasteiger partial charge in [0.2, 0.25) is 0 Å². The van der Waals surface area contributed by atoms with E-state index in [4.69, 9.17) is 10.7 Å².